The van der Waals surface area contributed by atoms with Crippen molar-refractivity contribution in [2.45, 2.75) is 79.0 Å². The highest BCUT2D eigenvalue weighted by molar-refractivity contribution is 6.34. The van der Waals surface area contributed by atoms with Gasteiger partial charge in [0.05, 0.1) is 17.3 Å². The SMILES string of the molecule is CCc1ccc(C(C(=O)Nc2c(C)cccc2Cl)N(CCO)C(=O)C(NC(=O)OC(C)(C)C)C(C)CC)cc1. The summed E-state index contributed by atoms with van der Waals surface area (Å²) in [5.74, 6) is -1.26. The van der Waals surface area contributed by atoms with E-state index in [-0.39, 0.29) is 19.1 Å². The van der Waals surface area contributed by atoms with Gasteiger partial charge < -0.3 is 25.4 Å². The number of carbonyl (C=O) groups is 3. The predicted octanol–water partition coefficient (Wildman–Crippen LogP) is 5.65. The summed E-state index contributed by atoms with van der Waals surface area (Å²) in [6.45, 7) is 12.3. The van der Waals surface area contributed by atoms with Gasteiger partial charge in [-0.15, -0.1) is 0 Å². The van der Waals surface area contributed by atoms with Crippen molar-refractivity contribution in [3.8, 4) is 0 Å². The number of carbonyl (C=O) groups excluding carboxylic acids is 3. The van der Waals surface area contributed by atoms with E-state index < -0.39 is 35.6 Å². The number of aryl methyl sites for hydroxylation is 2. The molecule has 0 aliphatic heterocycles. The van der Waals surface area contributed by atoms with Crippen molar-refractivity contribution in [3.63, 3.8) is 0 Å². The van der Waals surface area contributed by atoms with Gasteiger partial charge >= 0.3 is 6.09 Å². The molecule has 0 bridgehead atoms. The number of hydrogen-bond donors (Lipinski definition) is 3. The predicted molar refractivity (Wildman–Crippen MR) is 155 cm³/mol. The van der Waals surface area contributed by atoms with Crippen LogP contribution in [0.4, 0.5) is 10.5 Å². The first kappa shape index (κ1) is 32.1. The van der Waals surface area contributed by atoms with E-state index in [1.807, 2.05) is 45.9 Å². The van der Waals surface area contributed by atoms with E-state index in [9.17, 15) is 19.5 Å². The molecule has 0 radical (unpaired) electrons. The second-order valence-corrected chi connectivity index (χ2v) is 11.1. The van der Waals surface area contributed by atoms with Crippen molar-refractivity contribution >= 4 is 35.2 Å². The number of nitrogens with zero attached hydrogens (tertiary/aromatic N) is 1. The maximum atomic E-state index is 14.1. The molecule has 2 rings (SSSR count). The number of aliphatic hydroxyl groups is 1. The zero-order valence-electron chi connectivity index (χ0n) is 24.0. The fourth-order valence-corrected chi connectivity index (χ4v) is 4.43. The molecule has 3 N–H and O–H groups in total. The number of alkyl carbamates (subject to hydrolysis) is 1. The van der Waals surface area contributed by atoms with Gasteiger partial charge in [-0.25, -0.2) is 4.79 Å². The first-order valence-electron chi connectivity index (χ1n) is 13.4. The summed E-state index contributed by atoms with van der Waals surface area (Å²) in [6, 6.07) is 10.6. The van der Waals surface area contributed by atoms with Crippen LogP contribution in [0.1, 0.15) is 70.7 Å². The summed E-state index contributed by atoms with van der Waals surface area (Å²) in [5, 5.41) is 15.9. The van der Waals surface area contributed by atoms with Crippen LogP contribution in [0, 0.1) is 12.8 Å². The third kappa shape index (κ3) is 8.97. The fraction of sp³-hybridized carbons (Fsp3) is 0.500. The lowest BCUT2D eigenvalue weighted by Crippen LogP contribution is -2.55. The van der Waals surface area contributed by atoms with Crippen LogP contribution in [0.25, 0.3) is 0 Å². The molecule has 0 fully saturated rings. The summed E-state index contributed by atoms with van der Waals surface area (Å²) in [7, 11) is 0. The van der Waals surface area contributed by atoms with Gasteiger partial charge in [-0.3, -0.25) is 9.59 Å². The summed E-state index contributed by atoms with van der Waals surface area (Å²) < 4.78 is 5.41. The Morgan fingerprint density at radius 2 is 1.72 bits per heavy atom. The highest BCUT2D eigenvalue weighted by Gasteiger charge is 2.38. The zero-order valence-corrected chi connectivity index (χ0v) is 24.8. The molecule has 8 nitrogen and oxygen atoms in total. The lowest BCUT2D eigenvalue weighted by molar-refractivity contribution is -0.142. The molecule has 0 spiro atoms. The summed E-state index contributed by atoms with van der Waals surface area (Å²) >= 11 is 6.39. The number of nitrogens with one attached hydrogen (secondary N) is 2. The Morgan fingerprint density at radius 1 is 1.08 bits per heavy atom. The monoisotopic (exact) mass is 559 g/mol. The Hall–Kier alpha value is -3.10. The van der Waals surface area contributed by atoms with Gasteiger partial charge in [0, 0.05) is 6.54 Å². The number of amides is 3. The molecule has 0 aliphatic rings. The van der Waals surface area contributed by atoms with E-state index in [1.165, 1.54) is 4.90 Å². The minimum Gasteiger partial charge on any atom is -0.444 e. The quantitative estimate of drug-likeness (QED) is 0.330. The molecule has 2 aromatic rings. The van der Waals surface area contributed by atoms with Crippen molar-refractivity contribution in [1.82, 2.24) is 10.2 Å². The molecule has 2 aromatic carbocycles. The van der Waals surface area contributed by atoms with E-state index in [0.717, 1.165) is 17.5 Å². The molecule has 39 heavy (non-hydrogen) atoms. The number of rotatable bonds is 11. The van der Waals surface area contributed by atoms with Crippen LogP contribution in [0.15, 0.2) is 42.5 Å². The highest BCUT2D eigenvalue weighted by atomic mass is 35.5. The third-order valence-corrected chi connectivity index (χ3v) is 6.82. The zero-order chi connectivity index (χ0) is 29.3. The first-order valence-corrected chi connectivity index (χ1v) is 13.8. The van der Waals surface area contributed by atoms with Crippen molar-refractivity contribution in [3.05, 3.63) is 64.2 Å². The molecule has 214 valence electrons. The topological polar surface area (TPSA) is 108 Å². The van der Waals surface area contributed by atoms with Crippen molar-refractivity contribution in [1.29, 1.82) is 0 Å². The fourth-order valence-electron chi connectivity index (χ4n) is 4.16. The Kier molecular flexibility index (Phi) is 11.8. The molecule has 0 heterocycles. The van der Waals surface area contributed by atoms with Gasteiger partial charge in [-0.05, 0) is 62.8 Å². The molecule has 0 aliphatic carbocycles. The smallest absolute Gasteiger partial charge is 0.408 e. The van der Waals surface area contributed by atoms with E-state index in [0.29, 0.717) is 22.7 Å². The van der Waals surface area contributed by atoms with E-state index in [1.54, 1.807) is 45.0 Å². The van der Waals surface area contributed by atoms with E-state index >= 15 is 0 Å². The highest BCUT2D eigenvalue weighted by Crippen LogP contribution is 2.30. The number of anilines is 1. The lowest BCUT2D eigenvalue weighted by Gasteiger charge is -2.36. The van der Waals surface area contributed by atoms with Crippen LogP contribution in [0.2, 0.25) is 5.02 Å². The molecular weight excluding hydrogens is 518 g/mol. The molecule has 3 amide bonds. The molecule has 9 heteroatoms. The molecule has 0 saturated carbocycles. The third-order valence-electron chi connectivity index (χ3n) is 6.51. The van der Waals surface area contributed by atoms with Crippen molar-refractivity contribution in [2.75, 3.05) is 18.5 Å². The minimum atomic E-state index is -1.10. The van der Waals surface area contributed by atoms with E-state index in [2.05, 4.69) is 10.6 Å². The van der Waals surface area contributed by atoms with Gasteiger partial charge in [0.15, 0.2) is 0 Å². The van der Waals surface area contributed by atoms with Gasteiger partial charge in [-0.2, -0.15) is 0 Å². The Balaban J connectivity index is 2.57. The average molecular weight is 560 g/mol. The molecule has 0 saturated heterocycles. The Labute approximate surface area is 237 Å². The van der Waals surface area contributed by atoms with Crippen LogP contribution < -0.4 is 10.6 Å². The van der Waals surface area contributed by atoms with Gasteiger partial charge in [0.25, 0.3) is 5.91 Å². The van der Waals surface area contributed by atoms with Crippen molar-refractivity contribution < 1.29 is 24.2 Å². The van der Waals surface area contributed by atoms with Gasteiger partial charge in [-0.1, -0.05) is 75.2 Å². The number of halogens is 1. The Morgan fingerprint density at radius 3 is 2.23 bits per heavy atom. The number of hydrogen-bond acceptors (Lipinski definition) is 5. The summed E-state index contributed by atoms with van der Waals surface area (Å²) in [6.07, 6.45) is 0.663. The van der Waals surface area contributed by atoms with Crippen LogP contribution in [0.5, 0.6) is 0 Å². The molecule has 3 unspecified atom stereocenters. The minimum absolute atomic E-state index is 0.128. The number of benzene rings is 2. The second-order valence-electron chi connectivity index (χ2n) is 10.7. The van der Waals surface area contributed by atoms with Crippen LogP contribution in [0.3, 0.4) is 0 Å². The number of ether oxygens (including phenoxy) is 1. The Bertz CT molecular complexity index is 1110. The normalized spacial score (nSPS) is 13.7. The number of para-hydroxylation sites is 1. The van der Waals surface area contributed by atoms with Gasteiger partial charge in [0.1, 0.15) is 17.7 Å². The average Bonchev–Trinajstić information content (AvgIpc) is 2.87. The van der Waals surface area contributed by atoms with E-state index in [4.69, 9.17) is 16.3 Å². The first-order chi connectivity index (χ1) is 18.3. The number of aliphatic hydroxyl groups excluding tert-OH is 1. The summed E-state index contributed by atoms with van der Waals surface area (Å²) in [5.41, 5.74) is 2.09. The van der Waals surface area contributed by atoms with Crippen LogP contribution >= 0.6 is 11.6 Å². The largest absolute Gasteiger partial charge is 0.444 e. The standard InChI is InChI=1S/C30H42ClN3O5/c1-8-19(3)25(33-29(38)39-30(5,6)7)28(37)34(17-18-35)26(22-15-13-21(9-2)14-16-22)27(36)32-24-20(4)11-10-12-23(24)31/h10-16,19,25-26,35H,8-9,17-18H2,1-7H3,(H,32,36)(H,33,38). The second kappa shape index (κ2) is 14.3. The van der Waals surface area contributed by atoms with Crippen LogP contribution in [-0.4, -0.2) is 52.7 Å². The molecule has 3 atom stereocenters. The van der Waals surface area contributed by atoms with Crippen LogP contribution in [-0.2, 0) is 20.7 Å². The molecular formula is C30H42ClN3O5. The van der Waals surface area contributed by atoms with Gasteiger partial charge in [0.2, 0.25) is 5.91 Å². The maximum Gasteiger partial charge on any atom is 0.408 e. The maximum absolute atomic E-state index is 14.1. The van der Waals surface area contributed by atoms with Crippen molar-refractivity contribution in [2.24, 2.45) is 5.92 Å². The molecule has 0 aromatic heterocycles. The summed E-state index contributed by atoms with van der Waals surface area (Å²) in [4.78, 5) is 42.0. The lowest BCUT2D eigenvalue weighted by atomic mass is 9.95.